The Kier molecular flexibility index (Phi) is 2.91. The minimum atomic E-state index is -2.91. The maximum atomic E-state index is 11.5. The van der Waals surface area contributed by atoms with Gasteiger partial charge in [0.2, 0.25) is 5.95 Å². The lowest BCUT2D eigenvalue weighted by molar-refractivity contribution is 0.463. The van der Waals surface area contributed by atoms with Crippen molar-refractivity contribution < 1.29 is 8.42 Å². The van der Waals surface area contributed by atoms with Crippen LogP contribution in [0.15, 0.2) is 18.2 Å². The lowest BCUT2D eigenvalue weighted by Crippen LogP contribution is -2.26. The first kappa shape index (κ1) is 12.9. The number of nitrogen functional groups attached to an aromatic ring is 1. The molecule has 0 radical (unpaired) electrons. The molecule has 104 valence electrons. The Balaban J connectivity index is 2.07. The van der Waals surface area contributed by atoms with E-state index in [1.54, 1.807) is 18.2 Å². The summed E-state index contributed by atoms with van der Waals surface area (Å²) < 4.78 is 24.9. The van der Waals surface area contributed by atoms with Crippen LogP contribution in [0.5, 0.6) is 0 Å². The van der Waals surface area contributed by atoms with Gasteiger partial charge in [-0.05, 0) is 31.0 Å². The van der Waals surface area contributed by atoms with Gasteiger partial charge in [0.1, 0.15) is 9.84 Å². The Hall–Kier alpha value is -2.07. The molecule has 2 heterocycles. The van der Waals surface area contributed by atoms with E-state index in [-0.39, 0.29) is 17.5 Å². The van der Waals surface area contributed by atoms with Gasteiger partial charge >= 0.3 is 0 Å². The Labute approximate surface area is 116 Å². The molecule has 1 aliphatic rings. The minimum Gasteiger partial charge on any atom is -0.369 e. The Morgan fingerprint density at radius 3 is 2.70 bits per heavy atom. The lowest BCUT2D eigenvalue weighted by atomic mass is 10.1. The van der Waals surface area contributed by atoms with Crippen molar-refractivity contribution in [3.8, 4) is 6.07 Å². The van der Waals surface area contributed by atoms with E-state index < -0.39 is 9.84 Å². The monoisotopic (exact) mass is 290 g/mol. The van der Waals surface area contributed by atoms with Crippen molar-refractivity contribution in [2.75, 3.05) is 17.2 Å². The zero-order valence-electron chi connectivity index (χ0n) is 10.8. The number of imidazole rings is 1. The Morgan fingerprint density at radius 1 is 1.35 bits per heavy atom. The first-order valence-electron chi connectivity index (χ1n) is 6.38. The Morgan fingerprint density at radius 2 is 2.05 bits per heavy atom. The summed E-state index contributed by atoms with van der Waals surface area (Å²) in [4.78, 5) is 4.28. The molecule has 0 aliphatic carbocycles. The van der Waals surface area contributed by atoms with Crippen molar-refractivity contribution in [2.45, 2.75) is 18.9 Å². The van der Waals surface area contributed by atoms with Gasteiger partial charge in [-0.1, -0.05) is 0 Å². The zero-order chi connectivity index (χ0) is 14.3. The summed E-state index contributed by atoms with van der Waals surface area (Å²) in [6.07, 6.45) is 1.07. The van der Waals surface area contributed by atoms with Crippen LogP contribution in [0.3, 0.4) is 0 Å². The van der Waals surface area contributed by atoms with Crippen LogP contribution in [0.25, 0.3) is 11.0 Å². The summed E-state index contributed by atoms with van der Waals surface area (Å²) in [6.45, 7) is 0. The van der Waals surface area contributed by atoms with Crippen LogP contribution < -0.4 is 5.73 Å². The van der Waals surface area contributed by atoms with E-state index in [0.717, 1.165) is 11.0 Å². The van der Waals surface area contributed by atoms with Gasteiger partial charge in [0.25, 0.3) is 0 Å². The van der Waals surface area contributed by atoms with Crippen molar-refractivity contribution in [3.05, 3.63) is 23.8 Å². The average Bonchev–Trinajstić information content (AvgIpc) is 2.74. The molecule has 1 aromatic carbocycles. The average molecular weight is 290 g/mol. The molecule has 0 amide bonds. The van der Waals surface area contributed by atoms with Crippen molar-refractivity contribution >= 4 is 26.8 Å². The fourth-order valence-corrected chi connectivity index (χ4v) is 4.17. The molecule has 0 saturated carbocycles. The quantitative estimate of drug-likeness (QED) is 0.851. The van der Waals surface area contributed by atoms with Crippen molar-refractivity contribution in [2.24, 2.45) is 0 Å². The molecule has 0 atom stereocenters. The maximum Gasteiger partial charge on any atom is 0.201 e. The number of hydrogen-bond donors (Lipinski definition) is 1. The number of benzene rings is 1. The van der Waals surface area contributed by atoms with Gasteiger partial charge in [0, 0.05) is 6.04 Å². The molecule has 2 aromatic rings. The summed E-state index contributed by atoms with van der Waals surface area (Å²) in [6, 6.07) is 7.33. The molecule has 7 heteroatoms. The van der Waals surface area contributed by atoms with Crippen molar-refractivity contribution in [3.63, 3.8) is 0 Å². The number of aromatic nitrogens is 2. The van der Waals surface area contributed by atoms with Crippen molar-refractivity contribution in [1.82, 2.24) is 9.55 Å². The molecule has 1 aromatic heterocycles. The molecule has 0 unspecified atom stereocenters. The van der Waals surface area contributed by atoms with Gasteiger partial charge in [-0.2, -0.15) is 5.26 Å². The van der Waals surface area contributed by atoms with Crippen LogP contribution in [-0.4, -0.2) is 29.5 Å². The number of sulfone groups is 1. The third-order valence-electron chi connectivity index (χ3n) is 3.74. The largest absolute Gasteiger partial charge is 0.369 e. The van der Waals surface area contributed by atoms with E-state index in [1.807, 2.05) is 4.57 Å². The van der Waals surface area contributed by atoms with Crippen molar-refractivity contribution in [1.29, 1.82) is 5.26 Å². The summed E-state index contributed by atoms with van der Waals surface area (Å²) in [5.41, 5.74) is 8.03. The summed E-state index contributed by atoms with van der Waals surface area (Å²) in [5.74, 6) is 0.725. The maximum absolute atomic E-state index is 11.5. The number of hydrogen-bond acceptors (Lipinski definition) is 5. The summed E-state index contributed by atoms with van der Waals surface area (Å²) in [5, 5.41) is 8.98. The molecule has 3 rings (SSSR count). The number of nitriles is 1. The molecule has 0 bridgehead atoms. The summed E-state index contributed by atoms with van der Waals surface area (Å²) in [7, 11) is -2.91. The number of rotatable bonds is 1. The predicted octanol–water partition coefficient (Wildman–Crippen LogP) is 1.24. The van der Waals surface area contributed by atoms with Crippen LogP contribution in [0.4, 0.5) is 5.95 Å². The number of nitrogens with zero attached hydrogens (tertiary/aromatic N) is 3. The van der Waals surface area contributed by atoms with Gasteiger partial charge < -0.3 is 10.3 Å². The fourth-order valence-electron chi connectivity index (χ4n) is 2.70. The van der Waals surface area contributed by atoms with Crippen LogP contribution in [0.2, 0.25) is 0 Å². The smallest absolute Gasteiger partial charge is 0.201 e. The standard InChI is InChI=1S/C13H14N4O2S/c14-8-9-1-2-11-12(7-9)17(13(15)16-11)10-3-5-20(18,19)6-4-10/h1-2,7,10H,3-6H2,(H2,15,16). The van der Waals surface area contributed by atoms with Gasteiger partial charge in [-0.3, -0.25) is 0 Å². The molecular weight excluding hydrogens is 276 g/mol. The minimum absolute atomic E-state index is 0.0254. The number of anilines is 1. The molecule has 1 aliphatic heterocycles. The van der Waals surface area contributed by atoms with E-state index in [9.17, 15) is 8.42 Å². The summed E-state index contributed by atoms with van der Waals surface area (Å²) >= 11 is 0. The van der Waals surface area contributed by atoms with E-state index in [4.69, 9.17) is 11.0 Å². The van der Waals surface area contributed by atoms with Gasteiger partial charge in [0.05, 0.1) is 34.2 Å². The van der Waals surface area contributed by atoms with Gasteiger partial charge in [-0.25, -0.2) is 13.4 Å². The molecule has 1 fully saturated rings. The third-order valence-corrected chi connectivity index (χ3v) is 5.45. The van der Waals surface area contributed by atoms with Crippen LogP contribution in [-0.2, 0) is 9.84 Å². The third kappa shape index (κ3) is 2.12. The van der Waals surface area contributed by atoms with Crippen LogP contribution in [0.1, 0.15) is 24.4 Å². The predicted molar refractivity (Wildman–Crippen MR) is 75.8 cm³/mol. The highest BCUT2D eigenvalue weighted by Gasteiger charge is 2.27. The fraction of sp³-hybridized carbons (Fsp3) is 0.385. The molecule has 0 spiro atoms. The molecular formula is C13H14N4O2S. The highest BCUT2D eigenvalue weighted by atomic mass is 32.2. The lowest BCUT2D eigenvalue weighted by Gasteiger charge is -2.24. The number of nitrogens with two attached hydrogens (primary N) is 1. The first-order valence-corrected chi connectivity index (χ1v) is 8.20. The normalized spacial score (nSPS) is 18.9. The molecule has 20 heavy (non-hydrogen) atoms. The van der Waals surface area contributed by atoms with Crippen LogP contribution >= 0.6 is 0 Å². The SMILES string of the molecule is N#Cc1ccc2nc(N)n(C3CCS(=O)(=O)CC3)c2c1. The second kappa shape index (κ2) is 4.49. The number of fused-ring (bicyclic) bond motifs is 1. The van der Waals surface area contributed by atoms with E-state index >= 15 is 0 Å². The van der Waals surface area contributed by atoms with Gasteiger partial charge in [0.15, 0.2) is 0 Å². The van der Waals surface area contributed by atoms with Gasteiger partial charge in [-0.15, -0.1) is 0 Å². The van der Waals surface area contributed by atoms with Crippen LogP contribution in [0, 0.1) is 11.3 Å². The second-order valence-corrected chi connectivity index (χ2v) is 7.34. The highest BCUT2D eigenvalue weighted by molar-refractivity contribution is 7.91. The molecule has 6 nitrogen and oxygen atoms in total. The second-order valence-electron chi connectivity index (χ2n) is 5.04. The topological polar surface area (TPSA) is 102 Å². The van der Waals surface area contributed by atoms with E-state index in [2.05, 4.69) is 11.1 Å². The van der Waals surface area contributed by atoms with E-state index in [1.165, 1.54) is 0 Å². The zero-order valence-corrected chi connectivity index (χ0v) is 11.6. The van der Waals surface area contributed by atoms with E-state index in [0.29, 0.717) is 24.4 Å². The molecule has 2 N–H and O–H groups in total. The highest BCUT2D eigenvalue weighted by Crippen LogP contribution is 2.31. The molecule has 1 saturated heterocycles. The first-order chi connectivity index (χ1) is 9.50. The Bertz CT molecular complexity index is 803.